The quantitative estimate of drug-likeness (QED) is 0.230. The molecule has 1 amide bonds. The van der Waals surface area contributed by atoms with Crippen LogP contribution in [0, 0.1) is 0 Å². The van der Waals surface area contributed by atoms with E-state index in [1.807, 2.05) is 35.8 Å². The van der Waals surface area contributed by atoms with Crippen LogP contribution in [-0.2, 0) is 16.1 Å². The van der Waals surface area contributed by atoms with Crippen molar-refractivity contribution in [3.05, 3.63) is 59.7 Å². The number of rotatable bonds is 9. The molecule has 0 aliphatic carbocycles. The number of nitrogens with zero attached hydrogens (tertiary/aromatic N) is 4. The van der Waals surface area contributed by atoms with E-state index in [9.17, 15) is 9.59 Å². The zero-order chi connectivity index (χ0) is 22.9. The topological polar surface area (TPSA) is 108 Å². The van der Waals surface area contributed by atoms with Crippen molar-refractivity contribution < 1.29 is 19.1 Å². The van der Waals surface area contributed by atoms with Gasteiger partial charge in [0.25, 0.3) is 5.91 Å². The van der Waals surface area contributed by atoms with Crippen molar-refractivity contribution in [2.24, 2.45) is 5.10 Å². The Kier molecular flexibility index (Phi) is 7.98. The Morgan fingerprint density at radius 1 is 1.09 bits per heavy atom. The molecular weight excluding hydrogens is 430 g/mol. The number of carbonyl (C=O) groups is 2. The van der Waals surface area contributed by atoms with Gasteiger partial charge in [-0.3, -0.25) is 4.79 Å². The summed E-state index contributed by atoms with van der Waals surface area (Å²) in [5.41, 5.74) is 4.58. The van der Waals surface area contributed by atoms with Crippen molar-refractivity contribution in [1.29, 1.82) is 0 Å². The number of aromatic nitrogens is 3. The van der Waals surface area contributed by atoms with Gasteiger partial charge in [-0.1, -0.05) is 23.9 Å². The maximum absolute atomic E-state index is 12.2. The maximum Gasteiger partial charge on any atom is 0.337 e. The molecule has 0 bridgehead atoms. The smallest absolute Gasteiger partial charge is 0.337 e. The Morgan fingerprint density at radius 3 is 2.44 bits per heavy atom. The summed E-state index contributed by atoms with van der Waals surface area (Å²) in [7, 11) is 2.95. The highest BCUT2D eigenvalue weighted by Crippen LogP contribution is 2.25. The molecular formula is C22H23N5O4S. The fraction of sp³-hybridized carbons (Fsp3) is 0.227. The number of thioether (sulfide) groups is 1. The van der Waals surface area contributed by atoms with E-state index in [2.05, 4.69) is 25.5 Å². The predicted octanol–water partition coefficient (Wildman–Crippen LogP) is 3.00. The molecule has 0 radical (unpaired) electrons. The number of hydrogen-bond donors (Lipinski definition) is 1. The van der Waals surface area contributed by atoms with Gasteiger partial charge in [0.15, 0.2) is 11.0 Å². The molecule has 0 aliphatic heterocycles. The third-order valence-corrected chi connectivity index (χ3v) is 5.42. The first-order valence-corrected chi connectivity index (χ1v) is 10.7. The van der Waals surface area contributed by atoms with Gasteiger partial charge in [-0.2, -0.15) is 5.10 Å². The first kappa shape index (κ1) is 23.0. The molecule has 0 spiro atoms. The summed E-state index contributed by atoms with van der Waals surface area (Å²) in [6.07, 6.45) is 1.50. The summed E-state index contributed by atoms with van der Waals surface area (Å²) in [5.74, 6) is 0.955. The van der Waals surface area contributed by atoms with E-state index >= 15 is 0 Å². The van der Waals surface area contributed by atoms with E-state index in [1.165, 1.54) is 25.1 Å². The van der Waals surface area contributed by atoms with E-state index in [0.717, 1.165) is 22.7 Å². The van der Waals surface area contributed by atoms with Crippen molar-refractivity contribution >= 4 is 29.9 Å². The Hall–Kier alpha value is -3.66. The second-order valence-electron chi connectivity index (χ2n) is 6.47. The molecule has 0 saturated carbocycles. The summed E-state index contributed by atoms with van der Waals surface area (Å²) in [5, 5.41) is 13.1. The zero-order valence-corrected chi connectivity index (χ0v) is 18.8. The van der Waals surface area contributed by atoms with Crippen molar-refractivity contribution in [2.75, 3.05) is 20.0 Å². The minimum absolute atomic E-state index is 0.138. The molecule has 0 unspecified atom stereocenters. The molecule has 0 fully saturated rings. The van der Waals surface area contributed by atoms with Crippen molar-refractivity contribution in [3.8, 4) is 17.1 Å². The van der Waals surface area contributed by atoms with Crippen LogP contribution in [0.1, 0.15) is 22.8 Å². The number of nitrogens with one attached hydrogen (secondary N) is 1. The molecule has 166 valence electrons. The Bertz CT molecular complexity index is 1090. The fourth-order valence-electron chi connectivity index (χ4n) is 2.80. The second kappa shape index (κ2) is 11.1. The number of carbonyl (C=O) groups excluding carboxylic acids is 2. The molecule has 3 rings (SSSR count). The van der Waals surface area contributed by atoms with E-state index in [-0.39, 0.29) is 11.7 Å². The average molecular weight is 454 g/mol. The summed E-state index contributed by atoms with van der Waals surface area (Å²) < 4.78 is 11.8. The van der Waals surface area contributed by atoms with E-state index in [4.69, 9.17) is 4.74 Å². The standard InChI is InChI=1S/C22H23N5O4S/c1-4-27-20(16-9-11-18(30-2)12-10-16)25-26-22(27)32-14-19(28)24-23-13-15-5-7-17(8-6-15)21(29)31-3/h5-13H,4,14H2,1-3H3,(H,24,28)/b23-13+. The number of methoxy groups -OCH3 is 2. The summed E-state index contributed by atoms with van der Waals surface area (Å²) in [6, 6.07) is 14.2. The molecule has 2 aromatic carbocycles. The number of amides is 1. The van der Waals surface area contributed by atoms with E-state index in [1.54, 1.807) is 31.4 Å². The van der Waals surface area contributed by atoms with Gasteiger partial charge in [0, 0.05) is 12.1 Å². The Labute approximate surface area is 189 Å². The number of hydrogen-bond acceptors (Lipinski definition) is 8. The van der Waals surface area contributed by atoms with Crippen LogP contribution in [0.3, 0.4) is 0 Å². The number of hydrazone groups is 1. The summed E-state index contributed by atoms with van der Waals surface area (Å²) >= 11 is 1.28. The molecule has 1 heterocycles. The monoisotopic (exact) mass is 453 g/mol. The molecule has 32 heavy (non-hydrogen) atoms. The van der Waals surface area contributed by atoms with Gasteiger partial charge in [-0.05, 0) is 48.9 Å². The van der Waals surface area contributed by atoms with Gasteiger partial charge in [0.1, 0.15) is 5.75 Å². The van der Waals surface area contributed by atoms with Crippen molar-refractivity contribution in [1.82, 2.24) is 20.2 Å². The average Bonchev–Trinajstić information content (AvgIpc) is 3.25. The summed E-state index contributed by atoms with van der Waals surface area (Å²) in [4.78, 5) is 23.6. The van der Waals surface area contributed by atoms with Gasteiger partial charge >= 0.3 is 5.97 Å². The minimum atomic E-state index is -0.408. The molecule has 0 aliphatic rings. The van der Waals surface area contributed by atoms with E-state index < -0.39 is 5.97 Å². The molecule has 9 nitrogen and oxygen atoms in total. The SMILES string of the molecule is CCn1c(SCC(=O)N/N=C/c2ccc(C(=O)OC)cc2)nnc1-c1ccc(OC)cc1. The highest BCUT2D eigenvalue weighted by molar-refractivity contribution is 7.99. The van der Waals surface area contributed by atoms with Gasteiger partial charge in [-0.15, -0.1) is 10.2 Å². The van der Waals surface area contributed by atoms with Crippen molar-refractivity contribution in [2.45, 2.75) is 18.6 Å². The van der Waals surface area contributed by atoms with Crippen LogP contribution in [0.5, 0.6) is 5.75 Å². The Balaban J connectivity index is 1.56. The molecule has 3 aromatic rings. The van der Waals surface area contributed by atoms with Crippen LogP contribution in [0.15, 0.2) is 58.8 Å². The molecule has 1 aromatic heterocycles. The van der Waals surface area contributed by atoms with Crippen LogP contribution in [0.4, 0.5) is 0 Å². The third kappa shape index (κ3) is 5.73. The predicted molar refractivity (Wildman–Crippen MR) is 122 cm³/mol. The lowest BCUT2D eigenvalue weighted by Crippen LogP contribution is -2.20. The second-order valence-corrected chi connectivity index (χ2v) is 7.42. The van der Waals surface area contributed by atoms with Crippen LogP contribution < -0.4 is 10.2 Å². The number of esters is 1. The van der Waals surface area contributed by atoms with Gasteiger partial charge < -0.3 is 14.0 Å². The van der Waals surface area contributed by atoms with Crippen LogP contribution >= 0.6 is 11.8 Å². The normalized spacial score (nSPS) is 10.8. The van der Waals surface area contributed by atoms with Crippen LogP contribution in [0.25, 0.3) is 11.4 Å². The van der Waals surface area contributed by atoms with Gasteiger partial charge in [-0.25, -0.2) is 10.2 Å². The third-order valence-electron chi connectivity index (χ3n) is 4.45. The highest BCUT2D eigenvalue weighted by atomic mass is 32.2. The van der Waals surface area contributed by atoms with Crippen LogP contribution in [0.2, 0.25) is 0 Å². The minimum Gasteiger partial charge on any atom is -0.497 e. The fourth-order valence-corrected chi connectivity index (χ4v) is 3.59. The molecule has 0 atom stereocenters. The first-order chi connectivity index (χ1) is 15.5. The molecule has 1 N–H and O–H groups in total. The highest BCUT2D eigenvalue weighted by Gasteiger charge is 2.14. The number of ether oxygens (including phenoxy) is 2. The lowest BCUT2D eigenvalue weighted by atomic mass is 10.1. The Morgan fingerprint density at radius 2 is 1.81 bits per heavy atom. The van der Waals surface area contributed by atoms with Crippen molar-refractivity contribution in [3.63, 3.8) is 0 Å². The summed E-state index contributed by atoms with van der Waals surface area (Å²) in [6.45, 7) is 2.66. The number of benzene rings is 2. The molecule has 0 saturated heterocycles. The van der Waals surface area contributed by atoms with Crippen LogP contribution in [-0.4, -0.2) is 52.8 Å². The molecule has 10 heteroatoms. The van der Waals surface area contributed by atoms with Gasteiger partial charge in [0.05, 0.1) is 31.8 Å². The zero-order valence-electron chi connectivity index (χ0n) is 17.9. The lowest BCUT2D eigenvalue weighted by molar-refractivity contribution is -0.118. The van der Waals surface area contributed by atoms with E-state index in [0.29, 0.717) is 17.3 Å². The first-order valence-electron chi connectivity index (χ1n) is 9.76. The van der Waals surface area contributed by atoms with Gasteiger partial charge in [0.2, 0.25) is 0 Å². The lowest BCUT2D eigenvalue weighted by Gasteiger charge is -2.07. The maximum atomic E-state index is 12.2. The largest absolute Gasteiger partial charge is 0.497 e.